The molecule has 0 saturated heterocycles. The molecule has 0 aliphatic rings. The van der Waals surface area contributed by atoms with Crippen molar-refractivity contribution >= 4 is 11.6 Å². The fourth-order valence-corrected chi connectivity index (χ4v) is 3.15. The van der Waals surface area contributed by atoms with E-state index in [0.717, 1.165) is 22.4 Å². The summed E-state index contributed by atoms with van der Waals surface area (Å²) < 4.78 is 15.1. The maximum Gasteiger partial charge on any atom is 0.295 e. The van der Waals surface area contributed by atoms with Crippen LogP contribution in [0.2, 0.25) is 0 Å². The summed E-state index contributed by atoms with van der Waals surface area (Å²) >= 11 is 0. The van der Waals surface area contributed by atoms with Crippen molar-refractivity contribution in [2.24, 2.45) is 0 Å². The summed E-state index contributed by atoms with van der Waals surface area (Å²) in [5, 5.41) is 7.11. The Balaban J connectivity index is 1.78. The maximum absolute atomic E-state index is 13.4. The molecule has 1 amide bonds. The van der Waals surface area contributed by atoms with Gasteiger partial charge in [0.25, 0.3) is 5.91 Å². The minimum atomic E-state index is -0.503. The van der Waals surface area contributed by atoms with E-state index >= 15 is 0 Å². The van der Waals surface area contributed by atoms with Crippen LogP contribution in [0.4, 0.5) is 10.1 Å². The number of carbonyl (C=O) groups excluding carboxylic acids is 1. The summed E-state index contributed by atoms with van der Waals surface area (Å²) in [6.07, 6.45) is 0. The molecule has 0 atom stereocenters. The third kappa shape index (κ3) is 3.91. The zero-order valence-corrected chi connectivity index (χ0v) is 16.1. The minimum Gasteiger partial charge on any atom is -0.319 e. The van der Waals surface area contributed by atoms with E-state index in [4.69, 9.17) is 0 Å². The number of anilines is 1. The Morgan fingerprint density at radius 2 is 1.76 bits per heavy atom. The van der Waals surface area contributed by atoms with Crippen molar-refractivity contribution < 1.29 is 9.18 Å². The van der Waals surface area contributed by atoms with Gasteiger partial charge in [-0.15, -0.1) is 5.10 Å². The van der Waals surface area contributed by atoms with Gasteiger partial charge in [0.05, 0.1) is 5.69 Å². The Kier molecular flexibility index (Phi) is 4.91. The lowest BCUT2D eigenvalue weighted by atomic mass is 10.1. The van der Waals surface area contributed by atoms with E-state index in [1.807, 2.05) is 56.3 Å². The molecule has 1 heterocycles. The molecule has 1 N–H and O–H groups in total. The summed E-state index contributed by atoms with van der Waals surface area (Å²) in [5.41, 5.74) is 4.18. The fraction of sp³-hybridized carbons (Fsp3) is 0.0870. The van der Waals surface area contributed by atoms with E-state index in [1.54, 1.807) is 10.7 Å². The average Bonchev–Trinajstić information content (AvgIpc) is 3.14. The van der Waals surface area contributed by atoms with Crippen molar-refractivity contribution in [1.29, 1.82) is 0 Å². The van der Waals surface area contributed by atoms with E-state index in [2.05, 4.69) is 21.5 Å². The third-order valence-electron chi connectivity index (χ3n) is 4.51. The number of hydrogen-bond donors (Lipinski definition) is 1. The van der Waals surface area contributed by atoms with E-state index in [1.165, 1.54) is 18.2 Å². The van der Waals surface area contributed by atoms with Gasteiger partial charge < -0.3 is 5.32 Å². The number of aromatic nitrogens is 3. The molecule has 0 unspecified atom stereocenters. The van der Waals surface area contributed by atoms with Crippen LogP contribution < -0.4 is 5.32 Å². The van der Waals surface area contributed by atoms with Crippen LogP contribution >= 0.6 is 0 Å². The normalized spacial score (nSPS) is 10.7. The lowest BCUT2D eigenvalue weighted by molar-refractivity contribution is 0.101. The lowest BCUT2D eigenvalue weighted by Gasteiger charge is -2.09. The highest BCUT2D eigenvalue weighted by Gasteiger charge is 2.20. The molecule has 0 saturated carbocycles. The molecule has 1 aromatic heterocycles. The first-order valence-electron chi connectivity index (χ1n) is 9.18. The van der Waals surface area contributed by atoms with Crippen LogP contribution in [-0.4, -0.2) is 20.7 Å². The van der Waals surface area contributed by atoms with Crippen LogP contribution in [0.3, 0.4) is 0 Å². The first-order valence-corrected chi connectivity index (χ1v) is 9.18. The van der Waals surface area contributed by atoms with Gasteiger partial charge in [-0.3, -0.25) is 4.79 Å². The van der Waals surface area contributed by atoms with Gasteiger partial charge >= 0.3 is 0 Å². The van der Waals surface area contributed by atoms with Crippen molar-refractivity contribution in [1.82, 2.24) is 14.8 Å². The number of nitrogens with one attached hydrogen (secondary N) is 1. The maximum atomic E-state index is 13.4. The number of hydrogen-bond acceptors (Lipinski definition) is 3. The summed E-state index contributed by atoms with van der Waals surface area (Å²) in [6, 6.07) is 21.3. The Morgan fingerprint density at radius 1 is 0.966 bits per heavy atom. The highest BCUT2D eigenvalue weighted by Crippen LogP contribution is 2.24. The van der Waals surface area contributed by atoms with Gasteiger partial charge in [-0.1, -0.05) is 54.1 Å². The number of aryl methyl sites for hydroxylation is 2. The standard InChI is InChI=1S/C23H19FN4O/c1-15-11-12-20(16(2)13-15)28-22(17-7-4-3-5-8-17)26-21(27-28)23(29)25-19-10-6-9-18(24)14-19/h3-14H,1-2H3,(H,25,29). The van der Waals surface area contributed by atoms with E-state index in [0.29, 0.717) is 11.5 Å². The van der Waals surface area contributed by atoms with E-state index in [9.17, 15) is 9.18 Å². The van der Waals surface area contributed by atoms with E-state index < -0.39 is 11.7 Å². The monoisotopic (exact) mass is 386 g/mol. The number of carbonyl (C=O) groups is 1. The molecule has 0 radical (unpaired) electrons. The van der Waals surface area contributed by atoms with Crippen LogP contribution in [0.25, 0.3) is 17.1 Å². The van der Waals surface area contributed by atoms with Crippen molar-refractivity contribution in [3.63, 3.8) is 0 Å². The van der Waals surface area contributed by atoms with Gasteiger partial charge in [-0.2, -0.15) is 0 Å². The lowest BCUT2D eigenvalue weighted by Crippen LogP contribution is -2.14. The second-order valence-corrected chi connectivity index (χ2v) is 6.79. The van der Waals surface area contributed by atoms with Gasteiger partial charge in [0, 0.05) is 11.3 Å². The van der Waals surface area contributed by atoms with Crippen molar-refractivity contribution in [3.8, 4) is 17.1 Å². The first-order chi connectivity index (χ1) is 14.0. The number of benzene rings is 3. The number of amides is 1. The number of rotatable bonds is 4. The molecule has 3 aromatic carbocycles. The molecule has 0 aliphatic heterocycles. The smallest absolute Gasteiger partial charge is 0.295 e. The molecule has 0 fully saturated rings. The second-order valence-electron chi connectivity index (χ2n) is 6.79. The molecule has 0 bridgehead atoms. The molecule has 4 rings (SSSR count). The van der Waals surface area contributed by atoms with Crippen LogP contribution in [0, 0.1) is 19.7 Å². The average molecular weight is 386 g/mol. The summed E-state index contributed by atoms with van der Waals surface area (Å²) in [4.78, 5) is 17.2. The fourth-order valence-electron chi connectivity index (χ4n) is 3.15. The summed E-state index contributed by atoms with van der Waals surface area (Å²) in [5.74, 6) is -0.368. The molecule has 0 aliphatic carbocycles. The molecule has 29 heavy (non-hydrogen) atoms. The zero-order chi connectivity index (χ0) is 20.4. The predicted octanol–water partition coefficient (Wildman–Crippen LogP) is 4.94. The van der Waals surface area contributed by atoms with Gasteiger partial charge in [-0.25, -0.2) is 14.1 Å². The Morgan fingerprint density at radius 3 is 2.48 bits per heavy atom. The Hall–Kier alpha value is -3.80. The molecule has 0 spiro atoms. The molecular formula is C23H19FN4O. The summed E-state index contributed by atoms with van der Waals surface area (Å²) in [7, 11) is 0. The van der Waals surface area contributed by atoms with Gasteiger partial charge in [-0.05, 0) is 43.7 Å². The number of halogens is 1. The molecule has 6 heteroatoms. The van der Waals surface area contributed by atoms with Crippen LogP contribution in [0.1, 0.15) is 21.7 Å². The second kappa shape index (κ2) is 7.67. The minimum absolute atomic E-state index is 0.00749. The molecular weight excluding hydrogens is 367 g/mol. The number of nitrogens with zero attached hydrogens (tertiary/aromatic N) is 3. The third-order valence-corrected chi connectivity index (χ3v) is 4.51. The Bertz CT molecular complexity index is 1180. The van der Waals surface area contributed by atoms with Gasteiger partial charge in [0.2, 0.25) is 5.82 Å². The zero-order valence-electron chi connectivity index (χ0n) is 16.1. The van der Waals surface area contributed by atoms with Gasteiger partial charge in [0.15, 0.2) is 5.82 Å². The van der Waals surface area contributed by atoms with Crippen molar-refractivity contribution in [3.05, 3.63) is 95.6 Å². The SMILES string of the molecule is Cc1ccc(-n2nc(C(=O)Nc3cccc(F)c3)nc2-c2ccccc2)c(C)c1. The molecule has 4 aromatic rings. The topological polar surface area (TPSA) is 59.8 Å². The van der Waals surface area contributed by atoms with Crippen molar-refractivity contribution in [2.75, 3.05) is 5.32 Å². The summed E-state index contributed by atoms with van der Waals surface area (Å²) in [6.45, 7) is 4.01. The van der Waals surface area contributed by atoms with Gasteiger partial charge in [0.1, 0.15) is 5.82 Å². The molecule has 5 nitrogen and oxygen atoms in total. The van der Waals surface area contributed by atoms with Crippen molar-refractivity contribution in [2.45, 2.75) is 13.8 Å². The van der Waals surface area contributed by atoms with E-state index in [-0.39, 0.29) is 5.82 Å². The van der Waals surface area contributed by atoms with Crippen LogP contribution in [0.15, 0.2) is 72.8 Å². The highest BCUT2D eigenvalue weighted by molar-refractivity contribution is 6.01. The largest absolute Gasteiger partial charge is 0.319 e. The highest BCUT2D eigenvalue weighted by atomic mass is 19.1. The van der Waals surface area contributed by atoms with Crippen LogP contribution in [0.5, 0.6) is 0 Å². The quantitative estimate of drug-likeness (QED) is 0.540. The molecule has 144 valence electrons. The van der Waals surface area contributed by atoms with Crippen LogP contribution in [-0.2, 0) is 0 Å². The Labute approximate surface area is 167 Å². The predicted molar refractivity (Wildman–Crippen MR) is 111 cm³/mol. The first kappa shape index (κ1) is 18.6.